The number of benzene rings is 1. The molecule has 0 spiro atoms. The van der Waals surface area contributed by atoms with Gasteiger partial charge in [0.2, 0.25) is 5.89 Å². The number of halogens is 1. The molecule has 108 valence electrons. The monoisotopic (exact) mass is 297 g/mol. The van der Waals surface area contributed by atoms with E-state index in [1.165, 1.54) is 0 Å². The molecule has 1 atom stereocenters. The summed E-state index contributed by atoms with van der Waals surface area (Å²) >= 11 is 6.12. The number of nitrogens with one attached hydrogen (secondary N) is 1. The maximum absolute atomic E-state index is 6.12. The molecule has 0 aliphatic heterocycles. The van der Waals surface area contributed by atoms with Crippen molar-refractivity contribution in [3.8, 4) is 11.5 Å². The number of anilines is 1. The Morgan fingerprint density at radius 3 is 2.50 bits per heavy atom. The lowest BCUT2D eigenvalue weighted by Crippen LogP contribution is -2.08. The number of hydrogen-bond acceptors (Lipinski definition) is 6. The molecule has 0 fully saturated rings. The van der Waals surface area contributed by atoms with E-state index in [1.54, 1.807) is 33.3 Å². The number of aromatic nitrogens is 2. The summed E-state index contributed by atoms with van der Waals surface area (Å²) in [6, 6.07) is 3.28. The van der Waals surface area contributed by atoms with Crippen LogP contribution in [0.2, 0.25) is 5.02 Å². The van der Waals surface area contributed by atoms with Gasteiger partial charge in [-0.3, -0.25) is 0 Å². The van der Waals surface area contributed by atoms with E-state index in [-0.39, 0.29) is 6.04 Å². The molecule has 0 aliphatic rings. The Hall–Kier alpha value is -1.95. The second-order valence-corrected chi connectivity index (χ2v) is 4.64. The van der Waals surface area contributed by atoms with Gasteiger partial charge in [-0.2, -0.15) is 4.98 Å². The van der Waals surface area contributed by atoms with Crippen LogP contribution in [0.25, 0.3) is 0 Å². The predicted octanol–water partition coefficient (Wildman–Crippen LogP) is 3.22. The van der Waals surface area contributed by atoms with Crippen LogP contribution in [0.5, 0.6) is 11.5 Å². The quantitative estimate of drug-likeness (QED) is 0.914. The zero-order valence-corrected chi connectivity index (χ0v) is 12.5. The number of ether oxygens (including phenoxy) is 2. The molecule has 2 rings (SSSR count). The topological polar surface area (TPSA) is 69.4 Å². The standard InChI is InChI=1S/C13H16ClN3O3/c1-7(13-16-8(2)17-20-13)15-10-5-9(14)11(18-3)6-12(10)19-4/h5-7,15H,1-4H3/t7-/m0/s1. The van der Waals surface area contributed by atoms with Crippen LogP contribution < -0.4 is 14.8 Å². The molecular weight excluding hydrogens is 282 g/mol. The molecule has 0 unspecified atom stereocenters. The van der Waals surface area contributed by atoms with Gasteiger partial charge in [0.15, 0.2) is 5.82 Å². The van der Waals surface area contributed by atoms with Crippen LogP contribution in [-0.4, -0.2) is 24.4 Å². The molecule has 0 aliphatic carbocycles. The third-order valence-electron chi connectivity index (χ3n) is 2.76. The van der Waals surface area contributed by atoms with E-state index in [0.29, 0.717) is 28.2 Å². The molecule has 0 saturated carbocycles. The first kappa shape index (κ1) is 14.5. The lowest BCUT2D eigenvalue weighted by Gasteiger charge is -2.16. The zero-order chi connectivity index (χ0) is 14.7. The Labute approximate surface area is 122 Å². The summed E-state index contributed by atoms with van der Waals surface area (Å²) in [5.41, 5.74) is 0.724. The van der Waals surface area contributed by atoms with E-state index >= 15 is 0 Å². The van der Waals surface area contributed by atoms with Crippen LogP contribution in [0.3, 0.4) is 0 Å². The summed E-state index contributed by atoms with van der Waals surface area (Å²) in [7, 11) is 3.13. The SMILES string of the molecule is COc1cc(OC)c(N[C@@H](C)c2nc(C)no2)cc1Cl. The van der Waals surface area contributed by atoms with E-state index in [1.807, 2.05) is 6.92 Å². The lowest BCUT2D eigenvalue weighted by molar-refractivity contribution is 0.363. The van der Waals surface area contributed by atoms with Crippen molar-refractivity contribution in [3.63, 3.8) is 0 Å². The minimum Gasteiger partial charge on any atom is -0.495 e. The van der Waals surface area contributed by atoms with Crippen molar-refractivity contribution in [2.24, 2.45) is 0 Å². The molecule has 0 amide bonds. The van der Waals surface area contributed by atoms with E-state index in [9.17, 15) is 0 Å². The molecule has 1 aromatic heterocycles. The van der Waals surface area contributed by atoms with E-state index in [0.717, 1.165) is 5.69 Å². The second-order valence-electron chi connectivity index (χ2n) is 4.23. The summed E-state index contributed by atoms with van der Waals surface area (Å²) in [5, 5.41) is 7.48. The molecule has 6 nitrogen and oxygen atoms in total. The lowest BCUT2D eigenvalue weighted by atomic mass is 10.2. The van der Waals surface area contributed by atoms with Crippen LogP contribution in [-0.2, 0) is 0 Å². The van der Waals surface area contributed by atoms with Gasteiger partial charge in [-0.1, -0.05) is 16.8 Å². The molecule has 2 aromatic rings. The molecule has 1 aromatic carbocycles. The molecule has 0 radical (unpaired) electrons. The second kappa shape index (κ2) is 6.00. The fourth-order valence-corrected chi connectivity index (χ4v) is 2.00. The van der Waals surface area contributed by atoms with Gasteiger partial charge >= 0.3 is 0 Å². The third-order valence-corrected chi connectivity index (χ3v) is 3.06. The van der Waals surface area contributed by atoms with Gasteiger partial charge < -0.3 is 19.3 Å². The molecule has 1 N–H and O–H groups in total. The Morgan fingerprint density at radius 2 is 1.95 bits per heavy atom. The molecule has 0 saturated heterocycles. The van der Waals surface area contributed by atoms with E-state index < -0.39 is 0 Å². The number of rotatable bonds is 5. The van der Waals surface area contributed by atoms with Gasteiger partial charge in [0.25, 0.3) is 0 Å². The first-order valence-corrected chi connectivity index (χ1v) is 6.41. The Morgan fingerprint density at radius 1 is 1.25 bits per heavy atom. The molecular formula is C13H16ClN3O3. The Kier molecular flexibility index (Phi) is 4.34. The highest BCUT2D eigenvalue weighted by atomic mass is 35.5. The van der Waals surface area contributed by atoms with Crippen molar-refractivity contribution in [2.45, 2.75) is 19.9 Å². The smallest absolute Gasteiger partial charge is 0.248 e. The molecule has 7 heteroatoms. The van der Waals surface area contributed by atoms with Crippen LogP contribution in [0.1, 0.15) is 24.7 Å². The van der Waals surface area contributed by atoms with Gasteiger partial charge in [-0.15, -0.1) is 0 Å². The molecule has 1 heterocycles. The highest BCUT2D eigenvalue weighted by Crippen LogP contribution is 2.37. The van der Waals surface area contributed by atoms with Gasteiger partial charge in [-0.05, 0) is 19.9 Å². The van der Waals surface area contributed by atoms with Gasteiger partial charge in [0, 0.05) is 6.07 Å². The first-order valence-electron chi connectivity index (χ1n) is 6.03. The minimum absolute atomic E-state index is 0.172. The molecule has 0 bridgehead atoms. The average molecular weight is 298 g/mol. The van der Waals surface area contributed by atoms with Crippen LogP contribution in [0, 0.1) is 6.92 Å². The summed E-state index contributed by atoms with van der Waals surface area (Å²) in [4.78, 5) is 4.18. The summed E-state index contributed by atoms with van der Waals surface area (Å²) < 4.78 is 15.6. The number of methoxy groups -OCH3 is 2. The maximum atomic E-state index is 6.12. The number of aryl methyl sites for hydroxylation is 1. The minimum atomic E-state index is -0.172. The van der Waals surface area contributed by atoms with Gasteiger partial charge in [0.05, 0.1) is 24.9 Å². The fourth-order valence-electron chi connectivity index (χ4n) is 1.76. The van der Waals surface area contributed by atoms with Crippen molar-refractivity contribution in [1.82, 2.24) is 10.1 Å². The highest BCUT2D eigenvalue weighted by molar-refractivity contribution is 6.32. The third kappa shape index (κ3) is 2.96. The average Bonchev–Trinajstić information content (AvgIpc) is 2.86. The Balaban J connectivity index is 2.26. The van der Waals surface area contributed by atoms with Crippen molar-refractivity contribution < 1.29 is 14.0 Å². The van der Waals surface area contributed by atoms with Crippen molar-refractivity contribution in [1.29, 1.82) is 0 Å². The predicted molar refractivity (Wildman–Crippen MR) is 75.6 cm³/mol. The fraction of sp³-hybridized carbons (Fsp3) is 0.385. The van der Waals surface area contributed by atoms with Crippen LogP contribution in [0.15, 0.2) is 16.7 Å². The van der Waals surface area contributed by atoms with Gasteiger partial charge in [-0.25, -0.2) is 0 Å². The maximum Gasteiger partial charge on any atom is 0.248 e. The highest BCUT2D eigenvalue weighted by Gasteiger charge is 2.16. The van der Waals surface area contributed by atoms with Crippen molar-refractivity contribution in [3.05, 3.63) is 28.9 Å². The normalized spacial score (nSPS) is 12.1. The van der Waals surface area contributed by atoms with Crippen LogP contribution in [0.4, 0.5) is 5.69 Å². The summed E-state index contributed by atoms with van der Waals surface area (Å²) in [6.07, 6.45) is 0. The first-order chi connectivity index (χ1) is 9.55. The van der Waals surface area contributed by atoms with Crippen LogP contribution >= 0.6 is 11.6 Å². The summed E-state index contributed by atoms with van der Waals surface area (Å²) in [6.45, 7) is 3.68. The van der Waals surface area contributed by atoms with E-state index in [2.05, 4.69) is 15.5 Å². The van der Waals surface area contributed by atoms with Gasteiger partial charge in [0.1, 0.15) is 17.5 Å². The van der Waals surface area contributed by atoms with E-state index in [4.69, 9.17) is 25.6 Å². The van der Waals surface area contributed by atoms with Crippen molar-refractivity contribution >= 4 is 17.3 Å². The summed E-state index contributed by atoms with van der Waals surface area (Å²) in [5.74, 6) is 2.26. The number of nitrogens with zero attached hydrogens (tertiary/aromatic N) is 2. The number of hydrogen-bond donors (Lipinski definition) is 1. The zero-order valence-electron chi connectivity index (χ0n) is 11.7. The largest absolute Gasteiger partial charge is 0.495 e. The molecule has 20 heavy (non-hydrogen) atoms. The van der Waals surface area contributed by atoms with Crippen molar-refractivity contribution in [2.75, 3.05) is 19.5 Å². The Bertz CT molecular complexity index is 601.